The Morgan fingerprint density at radius 3 is 2.26 bits per heavy atom. The first kappa shape index (κ1) is 27.2. The Labute approximate surface area is 223 Å². The molecule has 1 N–H and O–H groups in total. The molecule has 4 rings (SSSR count). The van der Waals surface area contributed by atoms with Gasteiger partial charge in [-0.15, -0.1) is 12.4 Å². The summed E-state index contributed by atoms with van der Waals surface area (Å²) in [4.78, 5) is 18.1. The highest BCUT2D eigenvalue weighted by Gasteiger charge is 2.20. The Balaban J connectivity index is 0.00000342. The largest absolute Gasteiger partial charge is 0.465 e. The zero-order chi connectivity index (χ0) is 23.9. The van der Waals surface area contributed by atoms with E-state index in [0.717, 1.165) is 62.4 Å². The van der Waals surface area contributed by atoms with Crippen molar-refractivity contribution < 1.29 is 9.90 Å². The Morgan fingerprint density at radius 2 is 1.54 bits per heavy atom. The molecule has 0 spiro atoms. The molecule has 0 unspecified atom stereocenters. The molecule has 0 aromatic heterocycles. The third-order valence-corrected chi connectivity index (χ3v) is 7.06. The molecule has 1 aliphatic heterocycles. The molecule has 1 saturated heterocycles. The molecule has 0 atom stereocenters. The van der Waals surface area contributed by atoms with Gasteiger partial charge in [-0.25, -0.2) is 4.79 Å². The minimum Gasteiger partial charge on any atom is -0.465 e. The minimum absolute atomic E-state index is 0. The van der Waals surface area contributed by atoms with Crippen molar-refractivity contribution >= 4 is 53.1 Å². The van der Waals surface area contributed by atoms with Crippen LogP contribution in [0.2, 0.25) is 10.0 Å². The van der Waals surface area contributed by atoms with Crippen LogP contribution in [0.5, 0.6) is 0 Å². The first-order valence-corrected chi connectivity index (χ1v) is 12.4. The van der Waals surface area contributed by atoms with Crippen LogP contribution in [0.4, 0.5) is 16.2 Å². The van der Waals surface area contributed by atoms with Crippen LogP contribution in [0.3, 0.4) is 0 Å². The maximum atomic E-state index is 12.0. The number of hydrogen-bond acceptors (Lipinski definition) is 3. The van der Waals surface area contributed by atoms with E-state index in [1.807, 2.05) is 72.8 Å². The molecule has 186 valence electrons. The summed E-state index contributed by atoms with van der Waals surface area (Å²) in [6, 6.07) is 23.5. The maximum absolute atomic E-state index is 12.0. The highest BCUT2D eigenvalue weighted by molar-refractivity contribution is 6.43. The second-order valence-corrected chi connectivity index (χ2v) is 9.24. The van der Waals surface area contributed by atoms with Gasteiger partial charge in [-0.3, -0.25) is 9.80 Å². The summed E-state index contributed by atoms with van der Waals surface area (Å²) in [5.74, 6) is 0. The zero-order valence-electron chi connectivity index (χ0n) is 19.4. The third kappa shape index (κ3) is 7.05. The third-order valence-electron chi connectivity index (χ3n) is 6.25. The number of hydrogen-bond donors (Lipinski definition) is 1. The number of nitrogens with zero attached hydrogens (tertiary/aromatic N) is 3. The molecule has 0 aliphatic carbocycles. The van der Waals surface area contributed by atoms with Crippen molar-refractivity contribution in [1.29, 1.82) is 0 Å². The molecule has 1 heterocycles. The fraction of sp³-hybridized carbons (Fsp3) is 0.296. The molecule has 0 bridgehead atoms. The van der Waals surface area contributed by atoms with Gasteiger partial charge in [0.05, 0.1) is 15.7 Å². The van der Waals surface area contributed by atoms with Gasteiger partial charge in [-0.05, 0) is 54.8 Å². The number of piperazine rings is 1. The van der Waals surface area contributed by atoms with E-state index in [1.165, 1.54) is 4.90 Å². The smallest absolute Gasteiger partial charge is 0.411 e. The monoisotopic (exact) mass is 533 g/mol. The van der Waals surface area contributed by atoms with Gasteiger partial charge in [-0.2, -0.15) is 0 Å². The molecule has 5 nitrogen and oxygen atoms in total. The van der Waals surface area contributed by atoms with Crippen molar-refractivity contribution in [1.82, 2.24) is 4.90 Å². The molecule has 0 saturated carbocycles. The molecule has 1 fully saturated rings. The van der Waals surface area contributed by atoms with Crippen molar-refractivity contribution in [3.8, 4) is 11.1 Å². The Hall–Kier alpha value is -2.44. The van der Waals surface area contributed by atoms with Crippen LogP contribution in [-0.4, -0.2) is 55.4 Å². The van der Waals surface area contributed by atoms with Crippen LogP contribution >= 0.6 is 35.6 Å². The van der Waals surface area contributed by atoms with Gasteiger partial charge in [0.15, 0.2) is 0 Å². The highest BCUT2D eigenvalue weighted by Crippen LogP contribution is 2.33. The molecular formula is C27H30Cl3N3O2. The summed E-state index contributed by atoms with van der Waals surface area (Å²) >= 11 is 12.5. The van der Waals surface area contributed by atoms with Crippen molar-refractivity contribution in [2.24, 2.45) is 0 Å². The molecule has 1 amide bonds. The zero-order valence-corrected chi connectivity index (χ0v) is 21.8. The average molecular weight is 535 g/mol. The number of halogens is 3. The van der Waals surface area contributed by atoms with E-state index in [0.29, 0.717) is 22.3 Å². The van der Waals surface area contributed by atoms with Gasteiger partial charge in [0.2, 0.25) is 0 Å². The standard InChI is InChI=1S/C27H29Cl2N3O2.ClH/c28-24-12-7-13-25(26(24)29)31-18-16-30(17-19-31)14-4-5-15-32(27(33)34)23-11-6-10-22(20-23)21-8-2-1-3-9-21;/h1-3,6-13,20H,4-5,14-19H2,(H,33,34);1H. The number of carboxylic acid groups (broad SMARTS) is 1. The normalized spacial score (nSPS) is 13.8. The molecule has 1 aliphatic rings. The summed E-state index contributed by atoms with van der Waals surface area (Å²) in [6.45, 7) is 5.12. The number of unbranched alkanes of at least 4 members (excludes halogenated alkanes) is 1. The van der Waals surface area contributed by atoms with E-state index in [2.05, 4.69) is 9.80 Å². The predicted molar refractivity (Wildman–Crippen MR) is 149 cm³/mol. The van der Waals surface area contributed by atoms with E-state index in [4.69, 9.17) is 23.2 Å². The molecular weight excluding hydrogens is 505 g/mol. The van der Waals surface area contributed by atoms with Crippen LogP contribution < -0.4 is 9.80 Å². The lowest BCUT2D eigenvalue weighted by atomic mass is 10.0. The van der Waals surface area contributed by atoms with E-state index in [1.54, 1.807) is 0 Å². The molecule has 3 aromatic rings. The van der Waals surface area contributed by atoms with Gasteiger partial charge in [-0.1, -0.05) is 71.7 Å². The van der Waals surface area contributed by atoms with Crippen LogP contribution in [0.15, 0.2) is 72.8 Å². The Bertz CT molecular complexity index is 1110. The van der Waals surface area contributed by atoms with Crippen LogP contribution in [0.1, 0.15) is 12.8 Å². The second-order valence-electron chi connectivity index (χ2n) is 8.46. The van der Waals surface area contributed by atoms with Gasteiger partial charge >= 0.3 is 6.09 Å². The van der Waals surface area contributed by atoms with Crippen LogP contribution in [-0.2, 0) is 0 Å². The fourth-order valence-electron chi connectivity index (χ4n) is 4.37. The SMILES string of the molecule is Cl.O=C(O)N(CCCCN1CCN(c2cccc(Cl)c2Cl)CC1)c1cccc(-c2ccccc2)c1. The van der Waals surface area contributed by atoms with Crippen molar-refractivity contribution in [3.05, 3.63) is 82.8 Å². The molecule has 3 aromatic carbocycles. The van der Waals surface area contributed by atoms with Crippen molar-refractivity contribution in [2.45, 2.75) is 12.8 Å². The van der Waals surface area contributed by atoms with E-state index in [9.17, 15) is 9.90 Å². The fourth-order valence-corrected chi connectivity index (χ4v) is 4.79. The molecule has 0 radical (unpaired) electrons. The quantitative estimate of drug-likeness (QED) is 0.311. The number of amides is 1. The van der Waals surface area contributed by atoms with E-state index >= 15 is 0 Å². The molecule has 8 heteroatoms. The Morgan fingerprint density at radius 1 is 0.857 bits per heavy atom. The number of rotatable bonds is 8. The lowest BCUT2D eigenvalue weighted by Gasteiger charge is -2.36. The Kier molecular flexibility index (Phi) is 10.1. The maximum Gasteiger partial charge on any atom is 0.411 e. The minimum atomic E-state index is -0.919. The average Bonchev–Trinajstić information content (AvgIpc) is 2.86. The first-order chi connectivity index (χ1) is 16.5. The van der Waals surface area contributed by atoms with E-state index in [-0.39, 0.29) is 12.4 Å². The van der Waals surface area contributed by atoms with Crippen LogP contribution in [0, 0.1) is 0 Å². The van der Waals surface area contributed by atoms with Gasteiger partial charge < -0.3 is 10.0 Å². The summed E-state index contributed by atoms with van der Waals surface area (Å²) < 4.78 is 0. The summed E-state index contributed by atoms with van der Waals surface area (Å²) in [5.41, 5.74) is 3.79. The first-order valence-electron chi connectivity index (χ1n) is 11.6. The van der Waals surface area contributed by atoms with Crippen molar-refractivity contribution in [2.75, 3.05) is 49.1 Å². The van der Waals surface area contributed by atoms with Gasteiger partial charge in [0.25, 0.3) is 0 Å². The topological polar surface area (TPSA) is 47.0 Å². The summed E-state index contributed by atoms with van der Waals surface area (Å²) in [6.07, 6.45) is 0.833. The van der Waals surface area contributed by atoms with Crippen molar-refractivity contribution in [3.63, 3.8) is 0 Å². The lowest BCUT2D eigenvalue weighted by molar-refractivity contribution is 0.201. The summed E-state index contributed by atoms with van der Waals surface area (Å²) in [5, 5.41) is 11.0. The van der Waals surface area contributed by atoms with E-state index < -0.39 is 6.09 Å². The number of anilines is 2. The highest BCUT2D eigenvalue weighted by atomic mass is 35.5. The number of benzene rings is 3. The summed E-state index contributed by atoms with van der Waals surface area (Å²) in [7, 11) is 0. The lowest BCUT2D eigenvalue weighted by Crippen LogP contribution is -2.46. The number of carbonyl (C=O) groups is 1. The second kappa shape index (κ2) is 13.0. The predicted octanol–water partition coefficient (Wildman–Crippen LogP) is 7.17. The van der Waals surface area contributed by atoms with Gasteiger partial charge in [0, 0.05) is 38.4 Å². The van der Waals surface area contributed by atoms with Crippen LogP contribution in [0.25, 0.3) is 11.1 Å². The molecule has 35 heavy (non-hydrogen) atoms. The van der Waals surface area contributed by atoms with Gasteiger partial charge in [0.1, 0.15) is 0 Å².